The third kappa shape index (κ3) is 0.943. The average molecular weight is 204 g/mol. The first-order chi connectivity index (χ1) is 7.93. The molecular weight excluding hydrogens is 192 g/mol. The van der Waals surface area contributed by atoms with Gasteiger partial charge in [-0.2, -0.15) is 0 Å². The fraction of sp³-hybridized carbons (Fsp3) is 0.125. The van der Waals surface area contributed by atoms with E-state index in [0.717, 1.165) is 12.8 Å². The van der Waals surface area contributed by atoms with E-state index in [1.54, 1.807) is 0 Å². The van der Waals surface area contributed by atoms with Gasteiger partial charge in [-0.1, -0.05) is 48.5 Å². The molecule has 16 heavy (non-hydrogen) atoms. The Hall–Kier alpha value is -1.82. The van der Waals surface area contributed by atoms with Gasteiger partial charge in [0, 0.05) is 0 Å². The van der Waals surface area contributed by atoms with Gasteiger partial charge < -0.3 is 0 Å². The summed E-state index contributed by atoms with van der Waals surface area (Å²) in [6, 6.07) is 15.5. The van der Waals surface area contributed by atoms with Crippen molar-refractivity contribution < 1.29 is 0 Å². The zero-order chi connectivity index (χ0) is 10.5. The fourth-order valence-electron chi connectivity index (χ4n) is 3.02. The number of hydrogen-bond donors (Lipinski definition) is 0. The summed E-state index contributed by atoms with van der Waals surface area (Å²) in [5.41, 5.74) is 8.90. The van der Waals surface area contributed by atoms with Crippen LogP contribution in [0.1, 0.15) is 27.8 Å². The highest BCUT2D eigenvalue weighted by Crippen LogP contribution is 2.41. The molecule has 0 heterocycles. The smallest absolute Gasteiger partial charge is 0.00134 e. The quantitative estimate of drug-likeness (QED) is 0.525. The second-order valence-electron chi connectivity index (χ2n) is 4.61. The third-order valence-electron chi connectivity index (χ3n) is 3.72. The Morgan fingerprint density at radius 3 is 2.56 bits per heavy atom. The predicted molar refractivity (Wildman–Crippen MR) is 66.5 cm³/mol. The minimum atomic E-state index is 1.09. The van der Waals surface area contributed by atoms with Crippen LogP contribution in [0.25, 0.3) is 5.57 Å². The maximum absolute atomic E-state index is 2.38. The van der Waals surface area contributed by atoms with Gasteiger partial charge in [-0.05, 0) is 46.2 Å². The molecule has 0 nitrogen and oxygen atoms in total. The molecule has 0 amide bonds. The maximum atomic E-state index is 2.38. The van der Waals surface area contributed by atoms with Crippen molar-refractivity contribution in [3.8, 4) is 0 Å². The predicted octanol–water partition coefficient (Wildman–Crippen LogP) is 3.58. The highest BCUT2D eigenvalue weighted by atomic mass is 14.3. The van der Waals surface area contributed by atoms with Crippen LogP contribution in [0.3, 0.4) is 0 Å². The first-order valence-electron chi connectivity index (χ1n) is 5.83. The monoisotopic (exact) mass is 204 g/mol. The molecule has 0 radical (unpaired) electrons. The highest BCUT2D eigenvalue weighted by molar-refractivity contribution is 5.89. The summed E-state index contributed by atoms with van der Waals surface area (Å²) in [6.45, 7) is 0. The fourth-order valence-corrected chi connectivity index (χ4v) is 3.02. The van der Waals surface area contributed by atoms with Gasteiger partial charge in [0.1, 0.15) is 0 Å². The Labute approximate surface area is 95.2 Å². The van der Waals surface area contributed by atoms with E-state index in [0.29, 0.717) is 0 Å². The summed E-state index contributed by atoms with van der Waals surface area (Å²) < 4.78 is 0. The zero-order valence-corrected chi connectivity index (χ0v) is 9.03. The number of allylic oxidation sites excluding steroid dienone is 1. The normalized spacial score (nSPS) is 15.4. The van der Waals surface area contributed by atoms with E-state index in [1.165, 1.54) is 33.4 Å². The van der Waals surface area contributed by atoms with Gasteiger partial charge in [0.05, 0.1) is 0 Å². The second kappa shape index (κ2) is 2.85. The largest absolute Gasteiger partial charge is 0.0716 e. The average Bonchev–Trinajstić information content (AvgIpc) is 2.76. The summed E-state index contributed by atoms with van der Waals surface area (Å²) in [5.74, 6) is 0. The molecule has 0 saturated carbocycles. The Morgan fingerprint density at radius 2 is 1.56 bits per heavy atom. The number of fused-ring (bicyclic) bond motifs is 2. The molecule has 0 heteroatoms. The van der Waals surface area contributed by atoms with E-state index in [4.69, 9.17) is 0 Å². The van der Waals surface area contributed by atoms with Crippen LogP contribution in [-0.2, 0) is 12.8 Å². The Kier molecular flexibility index (Phi) is 1.49. The second-order valence-corrected chi connectivity index (χ2v) is 4.61. The van der Waals surface area contributed by atoms with E-state index in [9.17, 15) is 0 Å². The molecule has 0 unspecified atom stereocenters. The number of hydrogen-bond acceptors (Lipinski definition) is 0. The van der Waals surface area contributed by atoms with Crippen molar-refractivity contribution in [1.82, 2.24) is 0 Å². The van der Waals surface area contributed by atoms with Crippen LogP contribution >= 0.6 is 0 Å². The molecular formula is C16H12. The van der Waals surface area contributed by atoms with Gasteiger partial charge in [0.15, 0.2) is 0 Å². The number of benzene rings is 2. The number of rotatable bonds is 0. The van der Waals surface area contributed by atoms with Crippen LogP contribution in [0.2, 0.25) is 0 Å². The van der Waals surface area contributed by atoms with Crippen molar-refractivity contribution in [2.45, 2.75) is 12.8 Å². The molecule has 0 spiro atoms. The lowest BCUT2D eigenvalue weighted by atomic mass is 9.83. The summed E-state index contributed by atoms with van der Waals surface area (Å²) in [7, 11) is 0. The molecule has 0 bridgehead atoms. The molecule has 0 aliphatic heterocycles. The Bertz CT molecular complexity index is 618. The maximum Gasteiger partial charge on any atom is -0.00134 e. The van der Waals surface area contributed by atoms with Crippen LogP contribution in [-0.4, -0.2) is 0 Å². The van der Waals surface area contributed by atoms with Gasteiger partial charge in [0.2, 0.25) is 0 Å². The van der Waals surface area contributed by atoms with Crippen molar-refractivity contribution >= 4 is 5.57 Å². The molecule has 0 N–H and O–H groups in total. The molecule has 2 aliphatic rings. The third-order valence-corrected chi connectivity index (χ3v) is 3.72. The van der Waals surface area contributed by atoms with E-state index in [1.807, 2.05) is 0 Å². The van der Waals surface area contributed by atoms with Crippen LogP contribution in [0.4, 0.5) is 0 Å². The summed E-state index contributed by atoms with van der Waals surface area (Å²) in [4.78, 5) is 0. The van der Waals surface area contributed by atoms with Crippen molar-refractivity contribution in [2.24, 2.45) is 0 Å². The van der Waals surface area contributed by atoms with Gasteiger partial charge in [-0.3, -0.25) is 0 Å². The van der Waals surface area contributed by atoms with E-state index >= 15 is 0 Å². The lowest BCUT2D eigenvalue weighted by molar-refractivity contribution is 1.13. The topological polar surface area (TPSA) is 0 Å². The van der Waals surface area contributed by atoms with E-state index in [2.05, 4.69) is 48.5 Å². The first-order valence-corrected chi connectivity index (χ1v) is 5.83. The molecule has 4 rings (SSSR count). The SMILES string of the molecule is C1=C2c3ccccc3Cc3cccc(c32)C1. The van der Waals surface area contributed by atoms with E-state index < -0.39 is 0 Å². The lowest BCUT2D eigenvalue weighted by Gasteiger charge is -2.21. The van der Waals surface area contributed by atoms with Crippen LogP contribution in [0.15, 0.2) is 48.5 Å². The minimum Gasteiger partial charge on any atom is -0.0716 e. The zero-order valence-electron chi connectivity index (χ0n) is 9.03. The van der Waals surface area contributed by atoms with E-state index in [-0.39, 0.29) is 0 Å². The summed E-state index contributed by atoms with van der Waals surface area (Å²) in [5, 5.41) is 0. The van der Waals surface area contributed by atoms with Crippen LogP contribution in [0.5, 0.6) is 0 Å². The highest BCUT2D eigenvalue weighted by Gasteiger charge is 2.24. The summed E-state index contributed by atoms with van der Waals surface area (Å²) in [6.07, 6.45) is 4.58. The lowest BCUT2D eigenvalue weighted by Crippen LogP contribution is -2.05. The molecule has 2 aromatic rings. The van der Waals surface area contributed by atoms with Crippen molar-refractivity contribution in [3.63, 3.8) is 0 Å². The Balaban J connectivity index is 2.07. The van der Waals surface area contributed by atoms with Crippen molar-refractivity contribution in [3.05, 3.63) is 76.4 Å². The standard InChI is InChI=1S/C16H12/c1-2-7-14-12(4-1)10-13-6-3-5-11-8-9-15(14)16(11)13/h1-7,9H,8,10H2. The molecule has 76 valence electrons. The molecule has 0 fully saturated rings. The van der Waals surface area contributed by atoms with Crippen LogP contribution < -0.4 is 0 Å². The van der Waals surface area contributed by atoms with Gasteiger partial charge in [0.25, 0.3) is 0 Å². The van der Waals surface area contributed by atoms with Gasteiger partial charge >= 0.3 is 0 Å². The van der Waals surface area contributed by atoms with Crippen molar-refractivity contribution in [1.29, 1.82) is 0 Å². The molecule has 0 aromatic heterocycles. The summed E-state index contributed by atoms with van der Waals surface area (Å²) >= 11 is 0. The first kappa shape index (κ1) is 8.35. The van der Waals surface area contributed by atoms with Crippen LogP contribution in [0, 0.1) is 0 Å². The van der Waals surface area contributed by atoms with Gasteiger partial charge in [-0.15, -0.1) is 0 Å². The minimum absolute atomic E-state index is 1.09. The molecule has 2 aromatic carbocycles. The molecule has 2 aliphatic carbocycles. The Morgan fingerprint density at radius 1 is 0.750 bits per heavy atom. The van der Waals surface area contributed by atoms with Crippen molar-refractivity contribution in [2.75, 3.05) is 0 Å². The van der Waals surface area contributed by atoms with Gasteiger partial charge in [-0.25, -0.2) is 0 Å². The molecule has 0 atom stereocenters. The molecule has 0 saturated heterocycles.